The van der Waals surface area contributed by atoms with Gasteiger partial charge in [0.05, 0.1) is 0 Å². The van der Waals surface area contributed by atoms with Crippen LogP contribution < -0.4 is 16.4 Å². The zero-order valence-corrected chi connectivity index (χ0v) is 7.31. The lowest BCUT2D eigenvalue weighted by atomic mass is 10.1. The quantitative estimate of drug-likeness (QED) is 0.458. The summed E-state index contributed by atoms with van der Waals surface area (Å²) in [4.78, 5) is 10.4. The van der Waals surface area contributed by atoms with Crippen LogP contribution in [-0.4, -0.2) is 31.6 Å². The van der Waals surface area contributed by atoms with E-state index in [0.29, 0.717) is 12.5 Å². The highest BCUT2D eigenvalue weighted by Crippen LogP contribution is 1.95. The van der Waals surface area contributed by atoms with Gasteiger partial charge in [0.25, 0.3) is 0 Å². The number of carbonyl (C=O) groups excluding carboxylic acids is 1. The highest BCUT2D eigenvalue weighted by Gasteiger charge is 2.14. The minimum atomic E-state index is -0.194. The second-order valence-corrected chi connectivity index (χ2v) is 3.23. The average molecular weight is 171 g/mol. The van der Waals surface area contributed by atoms with Crippen LogP contribution in [-0.2, 0) is 4.79 Å². The molecule has 4 heteroatoms. The second kappa shape index (κ2) is 5.11. The van der Waals surface area contributed by atoms with E-state index in [9.17, 15) is 4.79 Å². The van der Waals surface area contributed by atoms with Gasteiger partial charge in [0.2, 0.25) is 5.91 Å². The molecule has 1 fully saturated rings. The molecule has 70 valence electrons. The van der Waals surface area contributed by atoms with Gasteiger partial charge in [0.1, 0.15) is 0 Å². The minimum Gasteiger partial charge on any atom is -0.370 e. The van der Waals surface area contributed by atoms with E-state index < -0.39 is 0 Å². The van der Waals surface area contributed by atoms with E-state index >= 15 is 0 Å². The zero-order valence-electron chi connectivity index (χ0n) is 7.31. The Balaban J connectivity index is 1.79. The third-order valence-corrected chi connectivity index (χ3v) is 2.06. The first-order valence-electron chi connectivity index (χ1n) is 4.51. The fourth-order valence-electron chi connectivity index (χ4n) is 1.16. The summed E-state index contributed by atoms with van der Waals surface area (Å²) in [5.41, 5.74) is 5.00. The van der Waals surface area contributed by atoms with Crippen molar-refractivity contribution in [1.29, 1.82) is 0 Å². The number of nitrogens with two attached hydrogens (primary N) is 1. The number of carbonyl (C=O) groups is 1. The molecule has 0 aliphatic carbocycles. The molecule has 0 bridgehead atoms. The number of hydrogen-bond acceptors (Lipinski definition) is 3. The lowest BCUT2D eigenvalue weighted by molar-refractivity contribution is -0.118. The third-order valence-electron chi connectivity index (χ3n) is 2.06. The molecular weight excluding hydrogens is 154 g/mol. The molecule has 0 atom stereocenters. The van der Waals surface area contributed by atoms with Gasteiger partial charge in [-0.2, -0.15) is 0 Å². The van der Waals surface area contributed by atoms with Crippen LogP contribution in [0.3, 0.4) is 0 Å². The van der Waals surface area contributed by atoms with E-state index in [-0.39, 0.29) is 5.91 Å². The first-order chi connectivity index (χ1) is 5.79. The fourth-order valence-corrected chi connectivity index (χ4v) is 1.16. The summed E-state index contributed by atoms with van der Waals surface area (Å²) in [5, 5.41) is 6.56. The topological polar surface area (TPSA) is 67.2 Å². The lowest BCUT2D eigenvalue weighted by Gasteiger charge is -2.28. The maximum atomic E-state index is 10.4. The largest absolute Gasteiger partial charge is 0.370 e. The van der Waals surface area contributed by atoms with Crippen LogP contribution in [0.25, 0.3) is 0 Å². The van der Waals surface area contributed by atoms with Gasteiger partial charge in [-0.05, 0) is 19.4 Å². The second-order valence-electron chi connectivity index (χ2n) is 3.23. The van der Waals surface area contributed by atoms with Gasteiger partial charge in [0, 0.05) is 25.6 Å². The van der Waals surface area contributed by atoms with Crippen molar-refractivity contribution >= 4 is 5.91 Å². The van der Waals surface area contributed by atoms with Gasteiger partial charge in [0.15, 0.2) is 0 Å². The lowest BCUT2D eigenvalue weighted by Crippen LogP contribution is -2.55. The summed E-state index contributed by atoms with van der Waals surface area (Å²) in [7, 11) is 0. The van der Waals surface area contributed by atoms with Crippen LogP contribution in [0.5, 0.6) is 0 Å². The number of rotatable bonds is 6. The number of hydrogen-bond donors (Lipinski definition) is 3. The summed E-state index contributed by atoms with van der Waals surface area (Å²) < 4.78 is 0. The Morgan fingerprint density at radius 1 is 1.50 bits per heavy atom. The molecule has 1 saturated heterocycles. The molecule has 0 saturated carbocycles. The Labute approximate surface area is 72.9 Å². The van der Waals surface area contributed by atoms with E-state index in [1.54, 1.807) is 0 Å². The van der Waals surface area contributed by atoms with Crippen molar-refractivity contribution in [1.82, 2.24) is 10.6 Å². The van der Waals surface area contributed by atoms with E-state index in [1.807, 2.05) is 0 Å². The molecule has 0 spiro atoms. The minimum absolute atomic E-state index is 0.194. The van der Waals surface area contributed by atoms with Crippen LogP contribution in [0.1, 0.15) is 19.3 Å². The average Bonchev–Trinajstić information content (AvgIpc) is 1.92. The van der Waals surface area contributed by atoms with E-state index in [1.165, 1.54) is 0 Å². The Kier molecular flexibility index (Phi) is 4.04. The molecule has 0 radical (unpaired) electrons. The Morgan fingerprint density at radius 2 is 2.25 bits per heavy atom. The van der Waals surface area contributed by atoms with Crippen LogP contribution >= 0.6 is 0 Å². The predicted octanol–water partition coefficient (Wildman–Crippen LogP) is -0.797. The van der Waals surface area contributed by atoms with E-state index in [2.05, 4.69) is 10.6 Å². The van der Waals surface area contributed by atoms with Gasteiger partial charge in [-0.25, -0.2) is 0 Å². The molecule has 0 aromatic heterocycles. The summed E-state index contributed by atoms with van der Waals surface area (Å²) in [5.74, 6) is -0.194. The van der Waals surface area contributed by atoms with Crippen LogP contribution in [0.2, 0.25) is 0 Å². The third kappa shape index (κ3) is 3.69. The highest BCUT2D eigenvalue weighted by molar-refractivity contribution is 5.73. The molecule has 1 heterocycles. The van der Waals surface area contributed by atoms with Crippen molar-refractivity contribution in [2.75, 3.05) is 19.6 Å². The molecular formula is C8H17N3O. The van der Waals surface area contributed by atoms with Crippen LogP contribution in [0.15, 0.2) is 0 Å². The first kappa shape index (κ1) is 9.48. The summed E-state index contributed by atoms with van der Waals surface area (Å²) >= 11 is 0. The standard InChI is InChI=1S/C8H17N3O/c9-8(12)3-1-2-4-11-7-5-10-6-7/h7,10-11H,1-6H2,(H2,9,12). The number of primary amides is 1. The molecule has 12 heavy (non-hydrogen) atoms. The summed E-state index contributed by atoms with van der Waals surface area (Å²) in [6.07, 6.45) is 2.46. The zero-order chi connectivity index (χ0) is 8.81. The van der Waals surface area contributed by atoms with Crippen molar-refractivity contribution in [3.05, 3.63) is 0 Å². The molecule has 1 amide bonds. The normalized spacial score (nSPS) is 17.3. The monoisotopic (exact) mass is 171 g/mol. The summed E-state index contributed by atoms with van der Waals surface area (Å²) in [6, 6.07) is 0.651. The van der Waals surface area contributed by atoms with Crippen molar-refractivity contribution in [3.63, 3.8) is 0 Å². The maximum Gasteiger partial charge on any atom is 0.217 e. The van der Waals surface area contributed by atoms with E-state index in [4.69, 9.17) is 5.73 Å². The smallest absolute Gasteiger partial charge is 0.217 e. The van der Waals surface area contributed by atoms with Crippen molar-refractivity contribution in [2.24, 2.45) is 5.73 Å². The van der Waals surface area contributed by atoms with Gasteiger partial charge < -0.3 is 16.4 Å². The Morgan fingerprint density at radius 3 is 2.75 bits per heavy atom. The SMILES string of the molecule is NC(=O)CCCCNC1CNC1. The molecule has 0 aromatic carbocycles. The van der Waals surface area contributed by atoms with Gasteiger partial charge in [-0.3, -0.25) is 4.79 Å². The Hall–Kier alpha value is -0.610. The summed E-state index contributed by atoms with van der Waals surface area (Å²) in [6.45, 7) is 3.16. The van der Waals surface area contributed by atoms with Gasteiger partial charge >= 0.3 is 0 Å². The number of nitrogens with one attached hydrogen (secondary N) is 2. The molecule has 1 aliphatic heterocycles. The van der Waals surface area contributed by atoms with Crippen molar-refractivity contribution in [2.45, 2.75) is 25.3 Å². The van der Waals surface area contributed by atoms with Crippen molar-refractivity contribution in [3.8, 4) is 0 Å². The van der Waals surface area contributed by atoms with Crippen LogP contribution in [0, 0.1) is 0 Å². The van der Waals surface area contributed by atoms with Crippen LogP contribution in [0.4, 0.5) is 0 Å². The number of unbranched alkanes of at least 4 members (excludes halogenated alkanes) is 1. The van der Waals surface area contributed by atoms with Crippen molar-refractivity contribution < 1.29 is 4.79 Å². The highest BCUT2D eigenvalue weighted by atomic mass is 16.1. The molecule has 0 unspecified atom stereocenters. The van der Waals surface area contributed by atoms with E-state index in [0.717, 1.165) is 32.5 Å². The fraction of sp³-hybridized carbons (Fsp3) is 0.875. The maximum absolute atomic E-state index is 10.4. The molecule has 4 nitrogen and oxygen atoms in total. The number of amides is 1. The molecule has 1 rings (SSSR count). The molecule has 4 N–H and O–H groups in total. The molecule has 0 aromatic rings. The Bertz CT molecular complexity index is 145. The predicted molar refractivity (Wildman–Crippen MR) is 47.7 cm³/mol. The van der Waals surface area contributed by atoms with Gasteiger partial charge in [-0.15, -0.1) is 0 Å². The van der Waals surface area contributed by atoms with Gasteiger partial charge in [-0.1, -0.05) is 0 Å². The molecule has 1 aliphatic rings. The first-order valence-corrected chi connectivity index (χ1v) is 4.51.